The maximum atomic E-state index is 12.2. The summed E-state index contributed by atoms with van der Waals surface area (Å²) in [6.07, 6.45) is 0. The van der Waals surface area contributed by atoms with E-state index < -0.39 is 17.8 Å². The number of anilines is 1. The summed E-state index contributed by atoms with van der Waals surface area (Å²) in [6, 6.07) is 2.48. The van der Waals surface area contributed by atoms with E-state index in [1.807, 2.05) is 0 Å². The molecular formula is C15H14ClNO5. The number of aromatic carboxylic acids is 1. The first kappa shape index (κ1) is 16.0. The van der Waals surface area contributed by atoms with E-state index >= 15 is 0 Å². The summed E-state index contributed by atoms with van der Waals surface area (Å²) in [4.78, 5) is 36.5. The van der Waals surface area contributed by atoms with E-state index in [0.717, 1.165) is 4.90 Å². The number of carbonyl (C=O) groups excluding carboxylic acids is 2. The summed E-state index contributed by atoms with van der Waals surface area (Å²) in [6.45, 7) is 5.04. The fourth-order valence-corrected chi connectivity index (χ4v) is 2.37. The topological polar surface area (TPSA) is 83.9 Å². The third-order valence-electron chi connectivity index (χ3n) is 3.43. The summed E-state index contributed by atoms with van der Waals surface area (Å²) in [5.41, 5.74) is 0.653. The summed E-state index contributed by atoms with van der Waals surface area (Å²) in [5.74, 6) is -2.11. The molecule has 0 saturated carbocycles. The van der Waals surface area contributed by atoms with Crippen molar-refractivity contribution >= 4 is 35.1 Å². The van der Waals surface area contributed by atoms with Gasteiger partial charge in [0.05, 0.1) is 17.3 Å². The predicted molar refractivity (Wildman–Crippen MR) is 80.4 cm³/mol. The quantitative estimate of drug-likeness (QED) is 0.861. The average Bonchev–Trinajstić information content (AvgIpc) is 2.65. The minimum atomic E-state index is -1.21. The molecule has 0 aliphatic carbocycles. The van der Waals surface area contributed by atoms with Crippen LogP contribution in [0.5, 0.6) is 5.75 Å². The lowest BCUT2D eigenvalue weighted by Crippen LogP contribution is -2.31. The monoisotopic (exact) mass is 323 g/mol. The Hall–Kier alpha value is -2.34. The molecule has 1 aliphatic heterocycles. The second-order valence-electron chi connectivity index (χ2n) is 4.73. The van der Waals surface area contributed by atoms with Gasteiger partial charge in [-0.2, -0.15) is 0 Å². The lowest BCUT2D eigenvalue weighted by atomic mass is 10.1. The smallest absolute Gasteiger partial charge is 0.339 e. The first-order valence-electron chi connectivity index (χ1n) is 6.55. The normalized spacial score (nSPS) is 14.8. The first-order chi connectivity index (χ1) is 10.3. The lowest BCUT2D eigenvalue weighted by molar-refractivity contribution is -0.120. The van der Waals surface area contributed by atoms with Crippen molar-refractivity contribution < 1.29 is 24.2 Å². The number of carboxylic acid groups (broad SMARTS) is 1. The minimum absolute atomic E-state index is 0.00921. The van der Waals surface area contributed by atoms with E-state index in [1.165, 1.54) is 12.1 Å². The van der Waals surface area contributed by atoms with Crippen molar-refractivity contribution in [2.45, 2.75) is 20.8 Å². The molecule has 7 heteroatoms. The van der Waals surface area contributed by atoms with Gasteiger partial charge in [-0.1, -0.05) is 11.6 Å². The van der Waals surface area contributed by atoms with Crippen molar-refractivity contribution in [1.29, 1.82) is 0 Å². The van der Waals surface area contributed by atoms with Gasteiger partial charge >= 0.3 is 5.97 Å². The number of carboxylic acids is 1. The molecule has 2 amide bonds. The molecule has 1 heterocycles. The van der Waals surface area contributed by atoms with Crippen LogP contribution in [-0.4, -0.2) is 29.5 Å². The molecule has 116 valence electrons. The van der Waals surface area contributed by atoms with E-state index in [0.29, 0.717) is 11.1 Å². The van der Waals surface area contributed by atoms with Gasteiger partial charge in [0.15, 0.2) is 0 Å². The average molecular weight is 324 g/mol. The zero-order valence-corrected chi connectivity index (χ0v) is 13.0. The Morgan fingerprint density at radius 1 is 1.23 bits per heavy atom. The van der Waals surface area contributed by atoms with E-state index in [-0.39, 0.29) is 28.6 Å². The second-order valence-corrected chi connectivity index (χ2v) is 5.14. The van der Waals surface area contributed by atoms with Gasteiger partial charge in [-0.25, -0.2) is 9.69 Å². The number of benzene rings is 1. The molecule has 0 bridgehead atoms. The Kier molecular flexibility index (Phi) is 4.23. The van der Waals surface area contributed by atoms with Crippen molar-refractivity contribution in [3.8, 4) is 5.75 Å². The molecule has 1 aromatic rings. The number of hydrogen-bond donors (Lipinski definition) is 1. The van der Waals surface area contributed by atoms with Gasteiger partial charge in [-0.05, 0) is 26.8 Å². The highest BCUT2D eigenvalue weighted by molar-refractivity contribution is 6.39. The summed E-state index contributed by atoms with van der Waals surface area (Å²) >= 11 is 6.07. The molecule has 22 heavy (non-hydrogen) atoms. The van der Waals surface area contributed by atoms with Crippen LogP contribution in [-0.2, 0) is 9.59 Å². The number of hydrogen-bond acceptors (Lipinski definition) is 4. The molecule has 0 unspecified atom stereocenters. The highest BCUT2D eigenvalue weighted by atomic mass is 35.5. The maximum absolute atomic E-state index is 12.2. The van der Waals surface area contributed by atoms with Crippen molar-refractivity contribution in [2.75, 3.05) is 11.5 Å². The Morgan fingerprint density at radius 3 is 2.23 bits per heavy atom. The van der Waals surface area contributed by atoms with E-state index in [9.17, 15) is 14.4 Å². The number of imide groups is 1. The largest absolute Gasteiger partial charge is 0.493 e. The third-order valence-corrected chi connectivity index (χ3v) is 3.73. The van der Waals surface area contributed by atoms with Crippen LogP contribution in [0.25, 0.3) is 0 Å². The molecule has 0 saturated heterocycles. The molecule has 0 spiro atoms. The molecule has 1 N–H and O–H groups in total. The van der Waals surface area contributed by atoms with Gasteiger partial charge in [-0.15, -0.1) is 0 Å². The first-order valence-corrected chi connectivity index (χ1v) is 6.93. The summed E-state index contributed by atoms with van der Waals surface area (Å²) < 4.78 is 5.28. The Labute approximate surface area is 131 Å². The van der Waals surface area contributed by atoms with Crippen molar-refractivity contribution in [3.05, 3.63) is 33.9 Å². The van der Waals surface area contributed by atoms with Crippen molar-refractivity contribution in [1.82, 2.24) is 0 Å². The van der Waals surface area contributed by atoms with Crippen LogP contribution in [0.4, 0.5) is 5.69 Å². The van der Waals surface area contributed by atoms with E-state index in [1.54, 1.807) is 20.8 Å². The summed E-state index contributed by atoms with van der Waals surface area (Å²) in [5, 5.41) is 9.16. The molecule has 2 rings (SSSR count). The van der Waals surface area contributed by atoms with Gasteiger partial charge in [0.2, 0.25) is 0 Å². The molecule has 0 fully saturated rings. The summed E-state index contributed by atoms with van der Waals surface area (Å²) in [7, 11) is 0. The lowest BCUT2D eigenvalue weighted by Gasteiger charge is -2.19. The van der Waals surface area contributed by atoms with Crippen molar-refractivity contribution in [2.24, 2.45) is 0 Å². The number of amides is 2. The van der Waals surface area contributed by atoms with Crippen molar-refractivity contribution in [3.63, 3.8) is 0 Å². The van der Waals surface area contributed by atoms with Crippen LogP contribution >= 0.6 is 11.6 Å². The van der Waals surface area contributed by atoms with Crippen LogP contribution in [0.1, 0.15) is 31.1 Å². The number of carbonyl (C=O) groups is 3. The zero-order chi connectivity index (χ0) is 16.6. The molecule has 0 radical (unpaired) electrons. The third kappa shape index (κ3) is 2.46. The number of nitrogens with zero attached hydrogens (tertiary/aromatic N) is 1. The van der Waals surface area contributed by atoms with Gasteiger partial charge in [-0.3, -0.25) is 9.59 Å². The molecule has 0 atom stereocenters. The van der Waals surface area contributed by atoms with Crippen LogP contribution in [0.3, 0.4) is 0 Å². The molecular weight excluding hydrogens is 310 g/mol. The molecule has 6 nitrogen and oxygen atoms in total. The fraction of sp³-hybridized carbons (Fsp3) is 0.267. The zero-order valence-electron chi connectivity index (χ0n) is 12.3. The number of ether oxygens (including phenoxy) is 1. The molecule has 0 aromatic heterocycles. The standard InChI is InChI=1S/C15H14ClNO5/c1-4-22-12-6-11(10(16)5-9(12)15(20)21)17-13(18)7(2)8(3)14(17)19/h5-6H,4H2,1-3H3,(H,20,21). The Bertz CT molecular complexity index is 699. The van der Waals surface area contributed by atoms with Crippen LogP contribution in [0.15, 0.2) is 23.3 Å². The Morgan fingerprint density at radius 2 is 1.77 bits per heavy atom. The van der Waals surface area contributed by atoms with Gasteiger partial charge in [0.1, 0.15) is 11.3 Å². The highest BCUT2D eigenvalue weighted by Gasteiger charge is 2.36. The fourth-order valence-electron chi connectivity index (χ4n) is 2.12. The van der Waals surface area contributed by atoms with E-state index in [4.69, 9.17) is 21.4 Å². The minimum Gasteiger partial charge on any atom is -0.493 e. The van der Waals surface area contributed by atoms with Gasteiger partial charge in [0, 0.05) is 17.2 Å². The number of rotatable bonds is 4. The second kappa shape index (κ2) is 5.81. The highest BCUT2D eigenvalue weighted by Crippen LogP contribution is 2.37. The van der Waals surface area contributed by atoms with Crippen LogP contribution < -0.4 is 9.64 Å². The maximum Gasteiger partial charge on any atom is 0.339 e. The van der Waals surface area contributed by atoms with Gasteiger partial charge < -0.3 is 9.84 Å². The Balaban J connectivity index is 2.58. The van der Waals surface area contributed by atoms with Gasteiger partial charge in [0.25, 0.3) is 11.8 Å². The predicted octanol–water partition coefficient (Wildman–Crippen LogP) is 2.65. The van der Waals surface area contributed by atoms with Crippen LogP contribution in [0.2, 0.25) is 5.02 Å². The molecule has 1 aliphatic rings. The number of halogens is 1. The SMILES string of the molecule is CCOc1cc(N2C(=O)C(C)=C(C)C2=O)c(Cl)cc1C(=O)O. The van der Waals surface area contributed by atoms with E-state index in [2.05, 4.69) is 0 Å². The van der Waals surface area contributed by atoms with Crippen LogP contribution in [0, 0.1) is 0 Å². The molecule has 1 aromatic carbocycles.